The molecule has 3 aromatic rings. The number of hydrogen-bond acceptors (Lipinski definition) is 6. The third kappa shape index (κ3) is 5.37. The molecule has 0 atom stereocenters. The molecule has 1 N–H and O–H groups in total. The molecule has 0 bridgehead atoms. The molecule has 5 rings (SSSR count). The fourth-order valence-electron chi connectivity index (χ4n) is 5.72. The van der Waals surface area contributed by atoms with Gasteiger partial charge in [-0.15, -0.1) is 0 Å². The van der Waals surface area contributed by atoms with Crippen molar-refractivity contribution in [1.82, 2.24) is 24.5 Å². The van der Waals surface area contributed by atoms with E-state index in [1.54, 1.807) is 30.4 Å². The largest absolute Gasteiger partial charge is 0.444 e. The number of anilines is 1. The van der Waals surface area contributed by atoms with Gasteiger partial charge >= 0.3 is 12.3 Å². The van der Waals surface area contributed by atoms with Crippen molar-refractivity contribution in [2.75, 3.05) is 25.5 Å². The minimum atomic E-state index is -4.42. The maximum atomic E-state index is 13.1. The quantitative estimate of drug-likeness (QED) is 0.434. The monoisotopic (exact) mass is 555 g/mol. The van der Waals surface area contributed by atoms with Gasteiger partial charge in [0, 0.05) is 31.9 Å². The number of alkyl halides is 3. The normalized spacial score (nSPS) is 20.9. The first kappa shape index (κ1) is 27.6. The number of carbonyl (C=O) groups excluding carboxylic acids is 1. The summed E-state index contributed by atoms with van der Waals surface area (Å²) in [5.74, 6) is 0.602. The van der Waals surface area contributed by atoms with E-state index in [9.17, 15) is 23.2 Å². The van der Waals surface area contributed by atoms with E-state index in [1.807, 2.05) is 25.5 Å². The number of aromatic nitrogens is 4. The molecule has 1 spiro atoms. The van der Waals surface area contributed by atoms with E-state index in [0.29, 0.717) is 41.3 Å². The van der Waals surface area contributed by atoms with Crippen LogP contribution >= 0.6 is 0 Å². The van der Waals surface area contributed by atoms with Gasteiger partial charge in [0.05, 0.1) is 24.3 Å². The van der Waals surface area contributed by atoms with E-state index in [-0.39, 0.29) is 24.1 Å². The summed E-state index contributed by atoms with van der Waals surface area (Å²) in [6.45, 7) is 6.99. The third-order valence-corrected chi connectivity index (χ3v) is 7.54. The van der Waals surface area contributed by atoms with Gasteiger partial charge in [0.1, 0.15) is 28.7 Å². The molecule has 3 heterocycles. The molecule has 1 saturated heterocycles. The van der Waals surface area contributed by atoms with Crippen LogP contribution in [0.15, 0.2) is 36.7 Å². The number of ether oxygens (including phenoxy) is 1. The summed E-state index contributed by atoms with van der Waals surface area (Å²) in [5.41, 5.74) is 0.649. The van der Waals surface area contributed by atoms with Crippen LogP contribution in [0.2, 0.25) is 0 Å². The third-order valence-electron chi connectivity index (χ3n) is 7.54. The summed E-state index contributed by atoms with van der Waals surface area (Å²) < 4.78 is 48.2. The summed E-state index contributed by atoms with van der Waals surface area (Å²) in [5, 5.41) is 22.2. The molecule has 212 valence electrons. The minimum absolute atomic E-state index is 0.00133. The van der Waals surface area contributed by atoms with Crippen LogP contribution in [-0.2, 0) is 17.5 Å². The van der Waals surface area contributed by atoms with Crippen LogP contribution in [0.4, 0.5) is 23.8 Å². The topological polar surface area (TPSA) is 101 Å². The van der Waals surface area contributed by atoms with Gasteiger partial charge in [0.25, 0.3) is 0 Å². The molecule has 1 aliphatic heterocycles. The lowest BCUT2D eigenvalue weighted by Gasteiger charge is -2.45. The number of nitriles is 1. The standard InChI is InChI=1S/C28H32F3N7O2/c1-26(2,3)40-25(39)36-9-8-27(17-36)11-21(12-27)38-24(33-4)22(13-32)23(35-38)19-14-34-37(16-19)15-18-6-5-7-20(10-18)28(29,30)31/h5-7,10,14,16,21,33H,8-9,11-12,15,17H2,1-4H3. The van der Waals surface area contributed by atoms with Gasteiger partial charge in [-0.05, 0) is 63.1 Å². The van der Waals surface area contributed by atoms with Crippen molar-refractivity contribution in [3.8, 4) is 17.3 Å². The highest BCUT2D eigenvalue weighted by molar-refractivity contribution is 5.73. The van der Waals surface area contributed by atoms with Crippen molar-refractivity contribution in [2.45, 2.75) is 64.4 Å². The predicted octanol–water partition coefficient (Wildman–Crippen LogP) is 5.69. The van der Waals surface area contributed by atoms with Gasteiger partial charge in [-0.25, -0.2) is 9.48 Å². The van der Waals surface area contributed by atoms with Gasteiger partial charge in [-0.2, -0.15) is 28.6 Å². The van der Waals surface area contributed by atoms with Crippen molar-refractivity contribution in [2.24, 2.45) is 5.41 Å². The Balaban J connectivity index is 1.32. The second kappa shape index (κ2) is 9.87. The molecule has 1 saturated carbocycles. The summed E-state index contributed by atoms with van der Waals surface area (Å²) in [4.78, 5) is 14.3. The molecule has 1 aliphatic carbocycles. The van der Waals surface area contributed by atoms with Crippen LogP contribution in [0.1, 0.15) is 62.8 Å². The first-order chi connectivity index (χ1) is 18.8. The Morgan fingerprint density at radius 1 is 1.27 bits per heavy atom. The molecule has 12 heteroatoms. The van der Waals surface area contributed by atoms with Gasteiger partial charge in [0.2, 0.25) is 0 Å². The zero-order chi connectivity index (χ0) is 28.9. The molecule has 2 aromatic heterocycles. The van der Waals surface area contributed by atoms with Crippen molar-refractivity contribution >= 4 is 11.9 Å². The molecule has 2 fully saturated rings. The van der Waals surface area contributed by atoms with Gasteiger partial charge in [-0.1, -0.05) is 12.1 Å². The van der Waals surface area contributed by atoms with Crippen LogP contribution in [-0.4, -0.2) is 56.3 Å². The average Bonchev–Trinajstić information content (AvgIpc) is 3.58. The first-order valence-electron chi connectivity index (χ1n) is 13.2. The second-order valence-corrected chi connectivity index (χ2v) is 11.7. The number of nitrogens with zero attached hydrogens (tertiary/aromatic N) is 6. The molecule has 0 radical (unpaired) electrons. The van der Waals surface area contributed by atoms with E-state index in [2.05, 4.69) is 16.5 Å². The van der Waals surface area contributed by atoms with Crippen molar-refractivity contribution in [3.05, 3.63) is 53.3 Å². The number of amides is 1. The molecule has 40 heavy (non-hydrogen) atoms. The van der Waals surface area contributed by atoms with Crippen LogP contribution in [0, 0.1) is 16.7 Å². The summed E-state index contributed by atoms with van der Waals surface area (Å²) in [6.07, 6.45) is 1.07. The lowest BCUT2D eigenvalue weighted by Crippen LogP contribution is -2.43. The molecular weight excluding hydrogens is 523 g/mol. The Hall–Kier alpha value is -4.01. The fourth-order valence-corrected chi connectivity index (χ4v) is 5.72. The van der Waals surface area contributed by atoms with Crippen molar-refractivity contribution in [1.29, 1.82) is 5.26 Å². The van der Waals surface area contributed by atoms with Gasteiger partial charge in [-0.3, -0.25) is 4.68 Å². The number of rotatable bonds is 5. The van der Waals surface area contributed by atoms with E-state index >= 15 is 0 Å². The molecule has 2 aliphatic rings. The Bertz CT molecular complexity index is 1460. The number of nitrogens with one attached hydrogen (secondary N) is 1. The molecule has 0 unspecified atom stereocenters. The van der Waals surface area contributed by atoms with Crippen LogP contribution in [0.5, 0.6) is 0 Å². The first-order valence-corrected chi connectivity index (χ1v) is 13.2. The van der Waals surface area contributed by atoms with Gasteiger partial charge in [0.15, 0.2) is 0 Å². The highest BCUT2D eigenvalue weighted by atomic mass is 19.4. The predicted molar refractivity (Wildman–Crippen MR) is 141 cm³/mol. The highest BCUT2D eigenvalue weighted by Gasteiger charge is 2.51. The molecule has 9 nitrogen and oxygen atoms in total. The van der Waals surface area contributed by atoms with Crippen molar-refractivity contribution in [3.63, 3.8) is 0 Å². The van der Waals surface area contributed by atoms with Gasteiger partial charge < -0.3 is 15.0 Å². The molecular formula is C28H32F3N7O2. The summed E-state index contributed by atoms with van der Waals surface area (Å²) >= 11 is 0. The fraction of sp³-hybridized carbons (Fsp3) is 0.500. The average molecular weight is 556 g/mol. The van der Waals surface area contributed by atoms with E-state index in [4.69, 9.17) is 9.84 Å². The van der Waals surface area contributed by atoms with Crippen LogP contribution in [0.25, 0.3) is 11.3 Å². The SMILES string of the molecule is CNc1c(C#N)c(-c2cnn(Cc3cccc(C(F)(F)F)c3)c2)nn1C1CC2(CCN(C(=O)OC(C)(C)C)C2)C1. The van der Waals surface area contributed by atoms with Crippen molar-refractivity contribution < 1.29 is 22.7 Å². The summed E-state index contributed by atoms with van der Waals surface area (Å²) in [7, 11) is 1.74. The number of carbonyl (C=O) groups is 1. The minimum Gasteiger partial charge on any atom is -0.444 e. The van der Waals surface area contributed by atoms with E-state index in [1.165, 1.54) is 10.7 Å². The molecule has 1 amide bonds. The van der Waals surface area contributed by atoms with Crippen LogP contribution in [0.3, 0.4) is 0 Å². The Kier molecular flexibility index (Phi) is 6.80. The number of hydrogen-bond donors (Lipinski definition) is 1. The maximum Gasteiger partial charge on any atom is 0.416 e. The van der Waals surface area contributed by atoms with E-state index < -0.39 is 17.3 Å². The Labute approximate surface area is 230 Å². The van der Waals surface area contributed by atoms with E-state index in [0.717, 1.165) is 31.4 Å². The number of halogens is 3. The number of likely N-dealkylation sites (tertiary alicyclic amines) is 1. The lowest BCUT2D eigenvalue weighted by molar-refractivity contribution is -0.137. The number of benzene rings is 1. The second-order valence-electron chi connectivity index (χ2n) is 11.7. The summed E-state index contributed by atoms with van der Waals surface area (Å²) in [6, 6.07) is 7.44. The van der Waals surface area contributed by atoms with Crippen LogP contribution < -0.4 is 5.32 Å². The maximum absolute atomic E-state index is 13.1. The highest BCUT2D eigenvalue weighted by Crippen LogP contribution is 2.55. The zero-order valence-electron chi connectivity index (χ0n) is 22.9. The Morgan fingerprint density at radius 2 is 2.02 bits per heavy atom. The Morgan fingerprint density at radius 3 is 2.67 bits per heavy atom. The molecule has 1 aromatic carbocycles. The smallest absolute Gasteiger partial charge is 0.416 e. The zero-order valence-corrected chi connectivity index (χ0v) is 22.9. The lowest BCUT2D eigenvalue weighted by atomic mass is 9.65.